The van der Waals surface area contributed by atoms with Crippen molar-refractivity contribution in [3.63, 3.8) is 0 Å². The molecule has 1 aliphatic rings. The molecule has 2 rings (SSSR count). The molecule has 0 saturated heterocycles. The standard InChI is InChI=1S/C17H26ClNO/c1-3-5-16(19-9-4-2)7-6-13-11-15(18)12-14-8-10-20-17(13)14/h11-12,16,19H,3-10H2,1-2H3. The number of hydrogen-bond donors (Lipinski definition) is 1. The summed E-state index contributed by atoms with van der Waals surface area (Å²) in [6.07, 6.45) is 6.86. The van der Waals surface area contributed by atoms with Crippen LogP contribution in [-0.2, 0) is 12.8 Å². The smallest absolute Gasteiger partial charge is 0.125 e. The first-order valence-electron chi connectivity index (χ1n) is 7.92. The van der Waals surface area contributed by atoms with Gasteiger partial charge >= 0.3 is 0 Å². The Morgan fingerprint density at radius 1 is 1.25 bits per heavy atom. The van der Waals surface area contributed by atoms with Crippen LogP contribution in [0, 0.1) is 0 Å². The topological polar surface area (TPSA) is 21.3 Å². The quantitative estimate of drug-likeness (QED) is 0.768. The van der Waals surface area contributed by atoms with Gasteiger partial charge in [-0.1, -0.05) is 31.9 Å². The van der Waals surface area contributed by atoms with Crippen LogP contribution in [0.5, 0.6) is 5.75 Å². The Bertz CT molecular complexity index is 433. The maximum Gasteiger partial charge on any atom is 0.125 e. The third-order valence-electron chi connectivity index (χ3n) is 3.91. The van der Waals surface area contributed by atoms with Crippen molar-refractivity contribution in [2.45, 2.75) is 58.4 Å². The Kier molecular flexibility index (Phi) is 6.18. The van der Waals surface area contributed by atoms with Gasteiger partial charge in [0.25, 0.3) is 0 Å². The monoisotopic (exact) mass is 295 g/mol. The largest absolute Gasteiger partial charge is 0.493 e. The molecule has 0 fully saturated rings. The van der Waals surface area contributed by atoms with Gasteiger partial charge in [0.05, 0.1) is 6.61 Å². The summed E-state index contributed by atoms with van der Waals surface area (Å²) >= 11 is 6.22. The number of ether oxygens (including phenoxy) is 1. The third kappa shape index (κ3) is 4.13. The molecule has 1 heterocycles. The van der Waals surface area contributed by atoms with Crippen LogP contribution in [0.4, 0.5) is 0 Å². The highest BCUT2D eigenvalue weighted by Gasteiger charge is 2.18. The minimum Gasteiger partial charge on any atom is -0.493 e. The van der Waals surface area contributed by atoms with Crippen LogP contribution >= 0.6 is 11.6 Å². The normalized spacial score (nSPS) is 14.9. The number of benzene rings is 1. The summed E-state index contributed by atoms with van der Waals surface area (Å²) in [5, 5.41) is 4.49. The lowest BCUT2D eigenvalue weighted by Gasteiger charge is -2.18. The predicted octanol–water partition coefficient (Wildman–Crippen LogP) is 4.38. The van der Waals surface area contributed by atoms with E-state index < -0.39 is 0 Å². The highest BCUT2D eigenvalue weighted by molar-refractivity contribution is 6.30. The second kappa shape index (κ2) is 7.90. The Morgan fingerprint density at radius 3 is 2.85 bits per heavy atom. The van der Waals surface area contributed by atoms with E-state index in [0.29, 0.717) is 6.04 Å². The highest BCUT2D eigenvalue weighted by Crippen LogP contribution is 2.33. The summed E-state index contributed by atoms with van der Waals surface area (Å²) in [7, 11) is 0. The van der Waals surface area contributed by atoms with Crippen LogP contribution in [0.25, 0.3) is 0 Å². The second-order valence-electron chi connectivity index (χ2n) is 5.63. The zero-order chi connectivity index (χ0) is 14.4. The fourth-order valence-electron chi connectivity index (χ4n) is 2.91. The van der Waals surface area contributed by atoms with Gasteiger partial charge in [0.1, 0.15) is 5.75 Å². The summed E-state index contributed by atoms with van der Waals surface area (Å²) in [6, 6.07) is 4.73. The number of halogens is 1. The van der Waals surface area contributed by atoms with Crippen molar-refractivity contribution in [1.29, 1.82) is 0 Å². The summed E-state index contributed by atoms with van der Waals surface area (Å²) in [5.41, 5.74) is 2.56. The molecule has 20 heavy (non-hydrogen) atoms. The van der Waals surface area contributed by atoms with Gasteiger partial charge in [-0.3, -0.25) is 0 Å². The van der Waals surface area contributed by atoms with Gasteiger partial charge in [0.2, 0.25) is 0 Å². The fraction of sp³-hybridized carbons (Fsp3) is 0.647. The van der Waals surface area contributed by atoms with Gasteiger partial charge in [-0.15, -0.1) is 0 Å². The van der Waals surface area contributed by atoms with Gasteiger partial charge in [-0.05, 0) is 55.5 Å². The van der Waals surface area contributed by atoms with E-state index in [-0.39, 0.29) is 0 Å². The molecule has 0 saturated carbocycles. The van der Waals surface area contributed by atoms with E-state index in [1.165, 1.54) is 30.4 Å². The van der Waals surface area contributed by atoms with Crippen LogP contribution in [-0.4, -0.2) is 19.2 Å². The summed E-state index contributed by atoms with van der Waals surface area (Å²) in [4.78, 5) is 0. The first kappa shape index (κ1) is 15.7. The zero-order valence-corrected chi connectivity index (χ0v) is 13.4. The zero-order valence-electron chi connectivity index (χ0n) is 12.7. The Labute approximate surface area is 127 Å². The van der Waals surface area contributed by atoms with Crippen LogP contribution in [0.2, 0.25) is 5.02 Å². The lowest BCUT2D eigenvalue weighted by atomic mass is 9.99. The third-order valence-corrected chi connectivity index (χ3v) is 4.13. The number of aryl methyl sites for hydroxylation is 1. The highest BCUT2D eigenvalue weighted by atomic mass is 35.5. The molecule has 1 aromatic rings. The number of rotatable bonds is 8. The van der Waals surface area contributed by atoms with E-state index >= 15 is 0 Å². The minimum absolute atomic E-state index is 0.607. The van der Waals surface area contributed by atoms with E-state index in [4.69, 9.17) is 16.3 Å². The predicted molar refractivity (Wildman–Crippen MR) is 86.0 cm³/mol. The Morgan fingerprint density at radius 2 is 2.10 bits per heavy atom. The molecule has 0 radical (unpaired) electrons. The molecule has 1 aliphatic heterocycles. The summed E-state index contributed by atoms with van der Waals surface area (Å²) in [6.45, 7) is 6.37. The molecule has 0 amide bonds. The van der Waals surface area contributed by atoms with Crippen molar-refractivity contribution in [1.82, 2.24) is 5.32 Å². The Balaban J connectivity index is 1.98. The average Bonchev–Trinajstić information content (AvgIpc) is 2.89. The van der Waals surface area contributed by atoms with Crippen molar-refractivity contribution in [2.75, 3.05) is 13.2 Å². The molecule has 0 bridgehead atoms. The molecule has 3 heteroatoms. The van der Waals surface area contributed by atoms with Crippen molar-refractivity contribution >= 4 is 11.6 Å². The van der Waals surface area contributed by atoms with Crippen molar-refractivity contribution in [2.24, 2.45) is 0 Å². The average molecular weight is 296 g/mol. The number of nitrogens with one attached hydrogen (secondary N) is 1. The van der Waals surface area contributed by atoms with Crippen molar-refractivity contribution in [3.8, 4) is 5.75 Å². The molecule has 0 spiro atoms. The van der Waals surface area contributed by atoms with Crippen LogP contribution in [0.1, 0.15) is 50.7 Å². The van der Waals surface area contributed by atoms with Gasteiger partial charge in [-0.2, -0.15) is 0 Å². The Hall–Kier alpha value is -0.730. The van der Waals surface area contributed by atoms with E-state index in [1.54, 1.807) is 0 Å². The van der Waals surface area contributed by atoms with Crippen LogP contribution in [0.15, 0.2) is 12.1 Å². The lowest BCUT2D eigenvalue weighted by Crippen LogP contribution is -2.30. The molecular weight excluding hydrogens is 270 g/mol. The molecular formula is C17H26ClNO. The first-order valence-corrected chi connectivity index (χ1v) is 8.29. The molecule has 1 aromatic carbocycles. The molecule has 112 valence electrons. The summed E-state index contributed by atoms with van der Waals surface area (Å²) in [5.74, 6) is 1.10. The first-order chi connectivity index (χ1) is 9.74. The number of hydrogen-bond acceptors (Lipinski definition) is 2. The van der Waals surface area contributed by atoms with Crippen LogP contribution in [0.3, 0.4) is 0 Å². The molecule has 1 unspecified atom stereocenters. The van der Waals surface area contributed by atoms with Gasteiger partial charge < -0.3 is 10.1 Å². The maximum atomic E-state index is 6.22. The SMILES string of the molecule is CCCNC(CCC)CCc1cc(Cl)cc2c1OCC2. The molecule has 2 nitrogen and oxygen atoms in total. The minimum atomic E-state index is 0.607. The van der Waals surface area contributed by atoms with Gasteiger partial charge in [0, 0.05) is 17.5 Å². The second-order valence-corrected chi connectivity index (χ2v) is 6.07. The fourth-order valence-corrected chi connectivity index (χ4v) is 3.17. The summed E-state index contributed by atoms with van der Waals surface area (Å²) < 4.78 is 5.78. The van der Waals surface area contributed by atoms with Gasteiger partial charge in [0.15, 0.2) is 0 Å². The molecule has 0 aliphatic carbocycles. The van der Waals surface area contributed by atoms with Crippen molar-refractivity contribution < 1.29 is 4.74 Å². The molecule has 0 aromatic heterocycles. The maximum absolute atomic E-state index is 6.22. The van der Waals surface area contributed by atoms with Crippen molar-refractivity contribution in [3.05, 3.63) is 28.3 Å². The number of fused-ring (bicyclic) bond motifs is 1. The van der Waals surface area contributed by atoms with E-state index in [0.717, 1.165) is 43.2 Å². The molecule has 1 N–H and O–H groups in total. The van der Waals surface area contributed by atoms with E-state index in [1.807, 2.05) is 6.07 Å². The van der Waals surface area contributed by atoms with E-state index in [9.17, 15) is 0 Å². The van der Waals surface area contributed by atoms with E-state index in [2.05, 4.69) is 25.2 Å². The van der Waals surface area contributed by atoms with Gasteiger partial charge in [-0.25, -0.2) is 0 Å². The lowest BCUT2D eigenvalue weighted by molar-refractivity contribution is 0.351. The van der Waals surface area contributed by atoms with Crippen LogP contribution < -0.4 is 10.1 Å². The molecule has 1 atom stereocenters.